The second-order valence-corrected chi connectivity index (χ2v) is 6.73. The molecule has 1 aliphatic rings. The van der Waals surface area contributed by atoms with Gasteiger partial charge in [-0.2, -0.15) is 0 Å². The van der Waals surface area contributed by atoms with Crippen LogP contribution in [0.25, 0.3) is 0 Å². The van der Waals surface area contributed by atoms with Crippen LogP contribution in [-0.4, -0.2) is 22.9 Å². The third-order valence-electron chi connectivity index (χ3n) is 5.12. The van der Waals surface area contributed by atoms with Gasteiger partial charge in [-0.05, 0) is 35.9 Å². The van der Waals surface area contributed by atoms with Crippen LogP contribution in [0.5, 0.6) is 5.75 Å². The quantitative estimate of drug-likeness (QED) is 0.528. The monoisotopic (exact) mass is 390 g/mol. The van der Waals surface area contributed by atoms with E-state index in [9.17, 15) is 20.0 Å². The van der Waals surface area contributed by atoms with Gasteiger partial charge in [-0.15, -0.1) is 0 Å². The van der Waals surface area contributed by atoms with Gasteiger partial charge in [0.25, 0.3) is 5.69 Å². The lowest BCUT2D eigenvalue weighted by Crippen LogP contribution is -2.47. The van der Waals surface area contributed by atoms with E-state index >= 15 is 0 Å². The largest absolute Gasteiger partial charge is 0.497 e. The Hall–Kier alpha value is -3.71. The standard InChI is InChI=1S/C22H18N2O5/c1-29-16-12-10-15(11-13-16)14-23-19-8-4-2-6-17(19)21(25)22(23,26)18-7-3-5-9-20(18)24(27)28/h2-13,26H,14H2,1H3. The molecule has 0 aliphatic carbocycles. The Bertz CT molecular complexity index is 1100. The molecule has 29 heavy (non-hydrogen) atoms. The summed E-state index contributed by atoms with van der Waals surface area (Å²) in [5.41, 5.74) is -0.897. The van der Waals surface area contributed by atoms with Gasteiger partial charge in [0, 0.05) is 18.2 Å². The lowest BCUT2D eigenvalue weighted by Gasteiger charge is -2.34. The highest BCUT2D eigenvalue weighted by Gasteiger charge is 2.54. The Morgan fingerprint density at radius 2 is 1.69 bits per heavy atom. The molecule has 1 N–H and O–H groups in total. The summed E-state index contributed by atoms with van der Waals surface area (Å²) in [5.74, 6) is 0.0940. The third kappa shape index (κ3) is 2.92. The van der Waals surface area contributed by atoms with E-state index in [1.54, 1.807) is 49.6 Å². The molecule has 1 atom stereocenters. The fourth-order valence-electron chi connectivity index (χ4n) is 3.69. The average Bonchev–Trinajstić information content (AvgIpc) is 2.97. The number of aliphatic hydroxyl groups is 1. The molecule has 146 valence electrons. The SMILES string of the molecule is COc1ccc(CN2c3ccccc3C(=O)C2(O)c2ccccc2[N+](=O)[O-])cc1. The first-order valence-corrected chi connectivity index (χ1v) is 8.97. The Morgan fingerprint density at radius 1 is 1.03 bits per heavy atom. The number of carbonyl (C=O) groups is 1. The fourth-order valence-corrected chi connectivity index (χ4v) is 3.69. The topological polar surface area (TPSA) is 92.9 Å². The van der Waals surface area contributed by atoms with Gasteiger partial charge in [-0.1, -0.05) is 36.4 Å². The van der Waals surface area contributed by atoms with Gasteiger partial charge in [0.15, 0.2) is 0 Å². The molecule has 0 radical (unpaired) electrons. The predicted molar refractivity (Wildman–Crippen MR) is 107 cm³/mol. The number of Topliss-reactive ketones (excluding diaryl/α,β-unsaturated/α-hetero) is 1. The van der Waals surface area contributed by atoms with Crippen molar-refractivity contribution in [2.45, 2.75) is 12.3 Å². The minimum atomic E-state index is -2.19. The van der Waals surface area contributed by atoms with Gasteiger partial charge in [0.05, 0.1) is 23.3 Å². The Balaban J connectivity index is 1.87. The lowest BCUT2D eigenvalue weighted by atomic mass is 9.95. The van der Waals surface area contributed by atoms with Crippen LogP contribution >= 0.6 is 0 Å². The van der Waals surface area contributed by atoms with E-state index in [1.165, 1.54) is 23.1 Å². The molecule has 4 rings (SSSR count). The summed E-state index contributed by atoms with van der Waals surface area (Å²) in [5, 5.41) is 23.2. The van der Waals surface area contributed by atoms with Crippen LogP contribution in [0.15, 0.2) is 72.8 Å². The number of benzene rings is 3. The van der Waals surface area contributed by atoms with E-state index in [2.05, 4.69) is 0 Å². The lowest BCUT2D eigenvalue weighted by molar-refractivity contribution is -0.386. The van der Waals surface area contributed by atoms with Crippen molar-refractivity contribution < 1.29 is 19.6 Å². The third-order valence-corrected chi connectivity index (χ3v) is 5.12. The number of fused-ring (bicyclic) bond motifs is 1. The predicted octanol–water partition coefficient (Wildman–Crippen LogP) is 3.65. The zero-order valence-corrected chi connectivity index (χ0v) is 15.6. The van der Waals surface area contributed by atoms with Gasteiger partial charge in [-0.25, -0.2) is 0 Å². The zero-order chi connectivity index (χ0) is 20.6. The van der Waals surface area contributed by atoms with E-state index in [1.807, 2.05) is 12.1 Å². The Morgan fingerprint density at radius 3 is 2.38 bits per heavy atom. The van der Waals surface area contributed by atoms with E-state index in [4.69, 9.17) is 4.74 Å². The first-order chi connectivity index (χ1) is 14.0. The number of carbonyl (C=O) groups excluding carboxylic acids is 1. The van der Waals surface area contributed by atoms with Crippen LogP contribution < -0.4 is 9.64 Å². The Kier molecular flexibility index (Phi) is 4.52. The molecule has 0 amide bonds. The summed E-state index contributed by atoms with van der Waals surface area (Å²) in [7, 11) is 1.57. The minimum Gasteiger partial charge on any atom is -0.497 e. The minimum absolute atomic E-state index is 0.0558. The smallest absolute Gasteiger partial charge is 0.277 e. The second-order valence-electron chi connectivity index (χ2n) is 6.73. The highest BCUT2D eigenvalue weighted by Crippen LogP contribution is 2.46. The van der Waals surface area contributed by atoms with Gasteiger partial charge >= 0.3 is 0 Å². The van der Waals surface area contributed by atoms with E-state index in [0.29, 0.717) is 17.0 Å². The summed E-state index contributed by atoms with van der Waals surface area (Å²) < 4.78 is 5.17. The summed E-state index contributed by atoms with van der Waals surface area (Å²) in [6.45, 7) is 0.176. The number of nitrogens with zero attached hydrogens (tertiary/aromatic N) is 2. The first kappa shape index (κ1) is 18.6. The number of para-hydroxylation sites is 2. The van der Waals surface area contributed by atoms with Gasteiger partial charge in [0.1, 0.15) is 5.75 Å². The molecule has 1 unspecified atom stereocenters. The zero-order valence-electron chi connectivity index (χ0n) is 15.6. The normalized spacial score (nSPS) is 17.9. The number of methoxy groups -OCH3 is 1. The van der Waals surface area contributed by atoms with E-state index in [-0.39, 0.29) is 17.8 Å². The molecule has 1 aliphatic heterocycles. The van der Waals surface area contributed by atoms with Crippen LogP contribution in [-0.2, 0) is 12.3 Å². The van der Waals surface area contributed by atoms with Crippen molar-refractivity contribution >= 4 is 17.2 Å². The summed E-state index contributed by atoms with van der Waals surface area (Å²) >= 11 is 0. The molecule has 7 nitrogen and oxygen atoms in total. The van der Waals surface area contributed by atoms with Crippen LogP contribution in [0.3, 0.4) is 0 Å². The van der Waals surface area contributed by atoms with E-state index < -0.39 is 16.4 Å². The number of hydrogen-bond donors (Lipinski definition) is 1. The number of rotatable bonds is 5. The fraction of sp³-hybridized carbons (Fsp3) is 0.136. The summed E-state index contributed by atoms with van der Waals surface area (Å²) in [6.07, 6.45) is 0. The Labute approximate surface area is 166 Å². The highest BCUT2D eigenvalue weighted by atomic mass is 16.6. The molecule has 0 fully saturated rings. The highest BCUT2D eigenvalue weighted by molar-refractivity contribution is 6.13. The van der Waals surface area contributed by atoms with Gasteiger partial charge < -0.3 is 14.7 Å². The molecule has 0 bridgehead atoms. The number of nitro benzene ring substituents is 1. The molecule has 0 saturated carbocycles. The van der Waals surface area contributed by atoms with Gasteiger partial charge in [0.2, 0.25) is 11.5 Å². The molecule has 3 aromatic carbocycles. The van der Waals surface area contributed by atoms with Crippen molar-refractivity contribution in [3.63, 3.8) is 0 Å². The molecule has 0 aromatic heterocycles. The number of anilines is 1. The maximum absolute atomic E-state index is 13.3. The van der Waals surface area contributed by atoms with Crippen LogP contribution in [0.1, 0.15) is 21.5 Å². The van der Waals surface area contributed by atoms with Crippen molar-refractivity contribution in [1.29, 1.82) is 0 Å². The second kappa shape index (κ2) is 7.03. The molecule has 0 saturated heterocycles. The first-order valence-electron chi connectivity index (χ1n) is 8.97. The number of ether oxygens (including phenoxy) is 1. The van der Waals surface area contributed by atoms with Crippen molar-refractivity contribution in [2.24, 2.45) is 0 Å². The van der Waals surface area contributed by atoms with E-state index in [0.717, 1.165) is 5.56 Å². The van der Waals surface area contributed by atoms with Crippen molar-refractivity contribution in [3.8, 4) is 5.75 Å². The molecule has 0 spiro atoms. The van der Waals surface area contributed by atoms with Gasteiger partial charge in [-0.3, -0.25) is 14.9 Å². The average molecular weight is 390 g/mol. The summed E-state index contributed by atoms with van der Waals surface area (Å²) in [4.78, 5) is 25.8. The summed E-state index contributed by atoms with van der Waals surface area (Å²) in [6, 6.07) is 19.8. The molecule has 1 heterocycles. The number of hydrogen-bond acceptors (Lipinski definition) is 6. The van der Waals surface area contributed by atoms with Crippen molar-refractivity contribution in [2.75, 3.05) is 12.0 Å². The molecule has 7 heteroatoms. The maximum Gasteiger partial charge on any atom is 0.277 e. The molecule has 3 aromatic rings. The number of nitro groups is 1. The van der Waals surface area contributed by atoms with Crippen molar-refractivity contribution in [3.05, 3.63) is 99.6 Å². The van der Waals surface area contributed by atoms with Crippen molar-refractivity contribution in [1.82, 2.24) is 0 Å². The molecular formula is C22H18N2O5. The van der Waals surface area contributed by atoms with Crippen LogP contribution in [0.4, 0.5) is 11.4 Å². The van der Waals surface area contributed by atoms with Crippen LogP contribution in [0.2, 0.25) is 0 Å². The molecular weight excluding hydrogens is 372 g/mol. The van der Waals surface area contributed by atoms with Crippen LogP contribution in [0, 0.1) is 10.1 Å². The number of ketones is 1. The maximum atomic E-state index is 13.3.